The van der Waals surface area contributed by atoms with E-state index < -0.39 is 0 Å². The van der Waals surface area contributed by atoms with E-state index in [0.29, 0.717) is 13.2 Å². The third-order valence-corrected chi connectivity index (χ3v) is 3.72. The Morgan fingerprint density at radius 3 is 2.43 bits per heavy atom. The first-order chi connectivity index (χ1) is 11.2. The highest BCUT2D eigenvalue weighted by atomic mass is 16.5. The van der Waals surface area contributed by atoms with Gasteiger partial charge in [-0.3, -0.25) is 0 Å². The molecule has 0 radical (unpaired) electrons. The van der Waals surface area contributed by atoms with Crippen molar-refractivity contribution in [2.75, 3.05) is 27.4 Å². The van der Waals surface area contributed by atoms with Crippen LogP contribution in [0.3, 0.4) is 0 Å². The Morgan fingerprint density at radius 2 is 1.74 bits per heavy atom. The van der Waals surface area contributed by atoms with Crippen LogP contribution in [-0.4, -0.2) is 27.4 Å². The molecule has 0 atom stereocenters. The molecule has 0 amide bonds. The van der Waals surface area contributed by atoms with Crippen LogP contribution in [0.5, 0.6) is 17.2 Å². The highest BCUT2D eigenvalue weighted by Crippen LogP contribution is 2.31. The number of benzene rings is 2. The summed E-state index contributed by atoms with van der Waals surface area (Å²) in [6.07, 6.45) is 0. The van der Waals surface area contributed by atoms with E-state index in [9.17, 15) is 0 Å². The summed E-state index contributed by atoms with van der Waals surface area (Å²) in [5.41, 5.74) is 3.56. The van der Waals surface area contributed by atoms with Crippen LogP contribution in [0.2, 0.25) is 0 Å². The molecular formula is C19H25NO3. The number of rotatable bonds is 8. The number of hydrogen-bond acceptors (Lipinski definition) is 4. The zero-order valence-electron chi connectivity index (χ0n) is 14.3. The Hall–Kier alpha value is -2.20. The molecule has 0 heterocycles. The van der Waals surface area contributed by atoms with E-state index in [1.807, 2.05) is 37.4 Å². The first kappa shape index (κ1) is 17.2. The van der Waals surface area contributed by atoms with Crippen molar-refractivity contribution in [3.8, 4) is 17.2 Å². The summed E-state index contributed by atoms with van der Waals surface area (Å²) in [7, 11) is 3.56. The molecule has 4 nitrogen and oxygen atoms in total. The molecule has 1 N–H and O–H groups in total. The molecule has 4 heteroatoms. The lowest BCUT2D eigenvalue weighted by molar-refractivity contribution is 0.209. The van der Waals surface area contributed by atoms with E-state index in [0.717, 1.165) is 29.4 Å². The number of hydrogen-bond donors (Lipinski definition) is 1. The quantitative estimate of drug-likeness (QED) is 0.757. The lowest BCUT2D eigenvalue weighted by Gasteiger charge is -2.15. The van der Waals surface area contributed by atoms with Crippen LogP contribution in [0.4, 0.5) is 0 Å². The molecule has 2 rings (SSSR count). The summed E-state index contributed by atoms with van der Waals surface area (Å²) in [5, 5.41) is 3.14. The van der Waals surface area contributed by atoms with Crippen molar-refractivity contribution in [1.29, 1.82) is 0 Å². The van der Waals surface area contributed by atoms with Gasteiger partial charge in [-0.2, -0.15) is 0 Å². The minimum atomic E-state index is 0.462. The smallest absolute Gasteiger partial charge is 0.165 e. The van der Waals surface area contributed by atoms with E-state index in [-0.39, 0.29) is 0 Å². The topological polar surface area (TPSA) is 39.7 Å². The lowest BCUT2D eigenvalue weighted by atomic mass is 10.1. The zero-order chi connectivity index (χ0) is 16.7. The largest absolute Gasteiger partial charge is 0.493 e. The summed E-state index contributed by atoms with van der Waals surface area (Å²) in [5.74, 6) is 2.38. The highest BCUT2D eigenvalue weighted by Gasteiger charge is 2.10. The van der Waals surface area contributed by atoms with E-state index in [1.165, 1.54) is 11.1 Å². The van der Waals surface area contributed by atoms with Crippen LogP contribution in [0, 0.1) is 13.8 Å². The first-order valence-corrected chi connectivity index (χ1v) is 7.79. The molecule has 0 spiro atoms. The molecule has 0 unspecified atom stereocenters. The Kier molecular flexibility index (Phi) is 6.29. The van der Waals surface area contributed by atoms with Gasteiger partial charge in [0.2, 0.25) is 0 Å². The van der Waals surface area contributed by atoms with Crippen molar-refractivity contribution in [2.45, 2.75) is 20.4 Å². The van der Waals surface area contributed by atoms with Crippen molar-refractivity contribution >= 4 is 0 Å². The van der Waals surface area contributed by atoms with Crippen LogP contribution >= 0.6 is 0 Å². The summed E-state index contributed by atoms with van der Waals surface area (Å²) in [6.45, 7) is 5.85. The van der Waals surface area contributed by atoms with Crippen LogP contribution in [0.25, 0.3) is 0 Å². The average Bonchev–Trinajstić information content (AvgIpc) is 2.56. The van der Waals surface area contributed by atoms with Crippen molar-refractivity contribution in [3.05, 3.63) is 53.1 Å². The van der Waals surface area contributed by atoms with Gasteiger partial charge >= 0.3 is 0 Å². The van der Waals surface area contributed by atoms with Gasteiger partial charge in [0, 0.05) is 12.1 Å². The maximum absolute atomic E-state index is 5.90. The van der Waals surface area contributed by atoms with Crippen molar-refractivity contribution in [2.24, 2.45) is 0 Å². The van der Waals surface area contributed by atoms with Gasteiger partial charge in [-0.25, -0.2) is 0 Å². The normalized spacial score (nSPS) is 10.4. The predicted molar refractivity (Wildman–Crippen MR) is 92.7 cm³/mol. The fraction of sp³-hybridized carbons (Fsp3) is 0.368. The monoisotopic (exact) mass is 315 g/mol. The van der Waals surface area contributed by atoms with Crippen molar-refractivity contribution in [3.63, 3.8) is 0 Å². The van der Waals surface area contributed by atoms with Crippen LogP contribution < -0.4 is 19.5 Å². The molecular weight excluding hydrogens is 290 g/mol. The maximum Gasteiger partial charge on any atom is 0.165 e. The molecule has 2 aromatic rings. The Bertz CT molecular complexity index is 641. The summed E-state index contributed by atoms with van der Waals surface area (Å²) in [6, 6.07) is 12.0. The molecule has 0 bridgehead atoms. The molecule has 0 aliphatic heterocycles. The number of nitrogens with one attached hydrogen (secondary N) is 1. The third-order valence-electron chi connectivity index (χ3n) is 3.72. The fourth-order valence-electron chi connectivity index (χ4n) is 2.32. The maximum atomic E-state index is 5.90. The fourth-order valence-corrected chi connectivity index (χ4v) is 2.32. The van der Waals surface area contributed by atoms with Gasteiger partial charge in [0.05, 0.1) is 7.11 Å². The SMILES string of the molecule is CNCc1cccc(OC)c1OCCOc1ccc(C)c(C)c1. The standard InChI is InChI=1S/C19H25NO3/c1-14-8-9-17(12-15(14)2)22-10-11-23-19-16(13-20-3)6-5-7-18(19)21-4/h5-9,12,20H,10-11,13H2,1-4H3. The summed E-state index contributed by atoms with van der Waals surface area (Å²) >= 11 is 0. The minimum Gasteiger partial charge on any atom is -0.493 e. The van der Waals surface area contributed by atoms with E-state index >= 15 is 0 Å². The molecule has 0 aliphatic rings. The molecule has 0 fully saturated rings. The van der Waals surface area contributed by atoms with Crippen LogP contribution in [0.15, 0.2) is 36.4 Å². The number of para-hydroxylation sites is 1. The summed E-state index contributed by atoms with van der Waals surface area (Å²) < 4.78 is 17.0. The molecule has 0 saturated heterocycles. The van der Waals surface area contributed by atoms with Crippen molar-refractivity contribution < 1.29 is 14.2 Å². The predicted octanol–water partition coefficient (Wildman–Crippen LogP) is 3.49. The van der Waals surface area contributed by atoms with E-state index in [1.54, 1.807) is 7.11 Å². The molecule has 0 aromatic heterocycles. The van der Waals surface area contributed by atoms with Gasteiger partial charge in [-0.15, -0.1) is 0 Å². The van der Waals surface area contributed by atoms with Crippen LogP contribution in [-0.2, 0) is 6.54 Å². The molecule has 23 heavy (non-hydrogen) atoms. The molecule has 124 valence electrons. The van der Waals surface area contributed by atoms with Gasteiger partial charge in [-0.1, -0.05) is 18.2 Å². The number of aryl methyl sites for hydroxylation is 2. The van der Waals surface area contributed by atoms with E-state index in [2.05, 4.69) is 25.2 Å². The van der Waals surface area contributed by atoms with Gasteiger partial charge in [0.25, 0.3) is 0 Å². The van der Waals surface area contributed by atoms with Gasteiger partial charge in [0.15, 0.2) is 11.5 Å². The Labute approximate surface area is 138 Å². The van der Waals surface area contributed by atoms with Gasteiger partial charge < -0.3 is 19.5 Å². The van der Waals surface area contributed by atoms with Gasteiger partial charge in [-0.05, 0) is 50.2 Å². The highest BCUT2D eigenvalue weighted by molar-refractivity contribution is 5.46. The van der Waals surface area contributed by atoms with Crippen LogP contribution in [0.1, 0.15) is 16.7 Å². The molecule has 0 saturated carbocycles. The number of ether oxygens (including phenoxy) is 3. The minimum absolute atomic E-state index is 0.462. The third kappa shape index (κ3) is 4.63. The molecule has 2 aromatic carbocycles. The lowest BCUT2D eigenvalue weighted by Crippen LogP contribution is -2.13. The average molecular weight is 315 g/mol. The van der Waals surface area contributed by atoms with Gasteiger partial charge in [0.1, 0.15) is 19.0 Å². The van der Waals surface area contributed by atoms with E-state index in [4.69, 9.17) is 14.2 Å². The number of methoxy groups -OCH3 is 1. The first-order valence-electron chi connectivity index (χ1n) is 7.79. The second-order valence-electron chi connectivity index (χ2n) is 5.42. The van der Waals surface area contributed by atoms with Crippen molar-refractivity contribution in [1.82, 2.24) is 5.32 Å². The summed E-state index contributed by atoms with van der Waals surface area (Å²) in [4.78, 5) is 0. The second kappa shape index (κ2) is 8.44. The second-order valence-corrected chi connectivity index (χ2v) is 5.42. The zero-order valence-corrected chi connectivity index (χ0v) is 14.3. The molecule has 0 aliphatic carbocycles. The Balaban J connectivity index is 1.94. The Morgan fingerprint density at radius 1 is 0.957 bits per heavy atom.